The summed E-state index contributed by atoms with van der Waals surface area (Å²) in [6.07, 6.45) is 6.79. The number of benzene rings is 2. The zero-order valence-corrected chi connectivity index (χ0v) is 20.8. The molecule has 6 nitrogen and oxygen atoms in total. The number of halogens is 1. The summed E-state index contributed by atoms with van der Waals surface area (Å²) in [5, 5.41) is 4.82. The molecule has 0 atom stereocenters. The van der Waals surface area contributed by atoms with Crippen LogP contribution >= 0.6 is 0 Å². The third-order valence-electron chi connectivity index (χ3n) is 6.07. The number of carbonyl (C=O) groups is 1. The van der Waals surface area contributed by atoms with Gasteiger partial charge in [-0.1, -0.05) is 38.0 Å². The zero-order valence-electron chi connectivity index (χ0n) is 20.8. The molecule has 4 aromatic rings. The van der Waals surface area contributed by atoms with Gasteiger partial charge in [-0.2, -0.15) is 5.10 Å². The number of terminal acetylenes is 1. The molecular formula is C29H29FN4O2. The number of likely N-dealkylation sites (N-methyl/N-ethyl adjacent to an activating group) is 1. The van der Waals surface area contributed by atoms with Crippen molar-refractivity contribution in [1.29, 1.82) is 0 Å². The van der Waals surface area contributed by atoms with E-state index in [2.05, 4.69) is 5.92 Å². The average molecular weight is 485 g/mol. The SMILES string of the molecule is C#CCOc1ccc(-c2nn3c(CC)cc(CC)nc3c2CC(=O)N(CC)c2ccccc2)cc1F. The van der Waals surface area contributed by atoms with Crippen LogP contribution in [0.15, 0.2) is 54.6 Å². The standard InChI is InChI=1S/C29H29FN4O2/c1-5-16-36-26-15-14-20(17-25(26)30)28-24(19-27(35)33(8-4)23-12-10-9-11-13-23)29-31-21(6-2)18-22(7-3)34(29)32-28/h1,9-15,17-18H,6-8,16,19H2,2-4H3. The fourth-order valence-corrected chi connectivity index (χ4v) is 4.25. The van der Waals surface area contributed by atoms with Gasteiger partial charge < -0.3 is 9.64 Å². The molecule has 7 heteroatoms. The first-order valence-corrected chi connectivity index (χ1v) is 12.1. The van der Waals surface area contributed by atoms with Crippen molar-refractivity contribution < 1.29 is 13.9 Å². The third-order valence-corrected chi connectivity index (χ3v) is 6.07. The maximum Gasteiger partial charge on any atom is 0.231 e. The first kappa shape index (κ1) is 24.9. The van der Waals surface area contributed by atoms with Crippen molar-refractivity contribution in [2.45, 2.75) is 40.0 Å². The molecule has 0 fully saturated rings. The van der Waals surface area contributed by atoms with Gasteiger partial charge >= 0.3 is 0 Å². The Labute approximate surface area is 210 Å². The van der Waals surface area contributed by atoms with E-state index in [-0.39, 0.29) is 24.7 Å². The number of rotatable bonds is 9. The number of para-hydroxylation sites is 1. The second-order valence-electron chi connectivity index (χ2n) is 8.30. The Morgan fingerprint density at radius 3 is 2.53 bits per heavy atom. The Bertz CT molecular complexity index is 1420. The van der Waals surface area contributed by atoms with Gasteiger partial charge in [0.05, 0.1) is 12.1 Å². The largest absolute Gasteiger partial charge is 0.478 e. The summed E-state index contributed by atoms with van der Waals surface area (Å²) in [5.74, 6) is 1.77. The van der Waals surface area contributed by atoms with Gasteiger partial charge in [0.2, 0.25) is 5.91 Å². The van der Waals surface area contributed by atoms with E-state index in [1.165, 1.54) is 12.1 Å². The van der Waals surface area contributed by atoms with Gasteiger partial charge in [-0.15, -0.1) is 6.42 Å². The van der Waals surface area contributed by atoms with Crippen molar-refractivity contribution in [3.05, 3.63) is 77.4 Å². The molecule has 1 amide bonds. The summed E-state index contributed by atoms with van der Waals surface area (Å²) < 4.78 is 21.9. The number of hydrogen-bond acceptors (Lipinski definition) is 4. The Balaban J connectivity index is 1.85. The van der Waals surface area contributed by atoms with Crippen LogP contribution < -0.4 is 9.64 Å². The summed E-state index contributed by atoms with van der Waals surface area (Å²) in [7, 11) is 0. The van der Waals surface area contributed by atoms with Crippen molar-refractivity contribution in [1.82, 2.24) is 14.6 Å². The van der Waals surface area contributed by atoms with E-state index in [4.69, 9.17) is 21.2 Å². The number of carbonyl (C=O) groups excluding carboxylic acids is 1. The Morgan fingerprint density at radius 1 is 1.11 bits per heavy atom. The molecule has 184 valence electrons. The van der Waals surface area contributed by atoms with Crippen molar-refractivity contribution in [2.24, 2.45) is 0 Å². The van der Waals surface area contributed by atoms with Crippen molar-refractivity contribution >= 4 is 17.2 Å². The van der Waals surface area contributed by atoms with E-state index in [9.17, 15) is 9.18 Å². The second-order valence-corrected chi connectivity index (χ2v) is 8.30. The number of ether oxygens (including phenoxy) is 1. The minimum atomic E-state index is -0.547. The molecular weight excluding hydrogens is 455 g/mol. The van der Waals surface area contributed by atoms with Crippen LogP contribution in [0.3, 0.4) is 0 Å². The summed E-state index contributed by atoms with van der Waals surface area (Å²) >= 11 is 0. The van der Waals surface area contributed by atoms with Crippen LogP contribution in [0.2, 0.25) is 0 Å². The smallest absolute Gasteiger partial charge is 0.231 e. The number of hydrogen-bond donors (Lipinski definition) is 0. The van der Waals surface area contributed by atoms with E-state index in [0.717, 1.165) is 29.9 Å². The van der Waals surface area contributed by atoms with Crippen LogP contribution in [0.25, 0.3) is 16.9 Å². The molecule has 36 heavy (non-hydrogen) atoms. The molecule has 0 saturated carbocycles. The molecule has 0 aliphatic rings. The van der Waals surface area contributed by atoms with E-state index < -0.39 is 5.82 Å². The molecule has 0 aliphatic heterocycles. The quantitative estimate of drug-likeness (QED) is 0.304. The lowest BCUT2D eigenvalue weighted by Gasteiger charge is -2.21. The third kappa shape index (κ3) is 4.94. The van der Waals surface area contributed by atoms with Gasteiger partial charge in [-0.3, -0.25) is 4.79 Å². The zero-order chi connectivity index (χ0) is 25.7. The van der Waals surface area contributed by atoms with Crippen LogP contribution in [0.5, 0.6) is 5.75 Å². The van der Waals surface area contributed by atoms with Gasteiger partial charge in [-0.25, -0.2) is 13.9 Å². The van der Waals surface area contributed by atoms with Crippen LogP contribution in [-0.4, -0.2) is 33.7 Å². The molecule has 0 unspecified atom stereocenters. The number of anilines is 1. The summed E-state index contributed by atoms with van der Waals surface area (Å²) in [5.41, 5.74) is 5.05. The van der Waals surface area contributed by atoms with Gasteiger partial charge in [0.1, 0.15) is 6.61 Å². The maximum atomic E-state index is 14.9. The first-order valence-electron chi connectivity index (χ1n) is 12.1. The highest BCUT2D eigenvalue weighted by Gasteiger charge is 2.24. The fourth-order valence-electron chi connectivity index (χ4n) is 4.25. The Hall–Kier alpha value is -4.18. The van der Waals surface area contributed by atoms with Crippen LogP contribution in [-0.2, 0) is 24.1 Å². The molecule has 0 aliphatic carbocycles. The predicted molar refractivity (Wildman–Crippen MR) is 140 cm³/mol. The van der Waals surface area contributed by atoms with E-state index >= 15 is 0 Å². The number of amides is 1. The van der Waals surface area contributed by atoms with Gasteiger partial charge in [-0.05, 0) is 56.2 Å². The van der Waals surface area contributed by atoms with Gasteiger partial charge in [0.15, 0.2) is 17.2 Å². The predicted octanol–water partition coefficient (Wildman–Crippen LogP) is 5.27. The monoisotopic (exact) mass is 484 g/mol. The van der Waals surface area contributed by atoms with Crippen LogP contribution in [0.1, 0.15) is 37.7 Å². The number of nitrogens with zero attached hydrogens (tertiary/aromatic N) is 4. The highest BCUT2D eigenvalue weighted by molar-refractivity contribution is 5.96. The molecule has 0 bridgehead atoms. The number of aryl methyl sites for hydroxylation is 2. The van der Waals surface area contributed by atoms with E-state index in [1.54, 1.807) is 15.5 Å². The summed E-state index contributed by atoms with van der Waals surface area (Å²) in [4.78, 5) is 20.1. The van der Waals surface area contributed by atoms with E-state index in [0.29, 0.717) is 29.0 Å². The van der Waals surface area contributed by atoms with Crippen LogP contribution in [0.4, 0.5) is 10.1 Å². The average Bonchev–Trinajstić information content (AvgIpc) is 3.26. The highest BCUT2D eigenvalue weighted by Crippen LogP contribution is 2.31. The van der Waals surface area contributed by atoms with Crippen molar-refractivity contribution in [3.63, 3.8) is 0 Å². The number of fused-ring (bicyclic) bond motifs is 1. The highest BCUT2D eigenvalue weighted by atomic mass is 19.1. The Kier molecular flexibility index (Phi) is 7.65. The topological polar surface area (TPSA) is 59.7 Å². The van der Waals surface area contributed by atoms with Crippen molar-refractivity contribution in [2.75, 3.05) is 18.1 Å². The minimum Gasteiger partial charge on any atom is -0.478 e. The lowest BCUT2D eigenvalue weighted by Crippen LogP contribution is -2.32. The molecule has 0 spiro atoms. The number of aromatic nitrogens is 3. The van der Waals surface area contributed by atoms with Crippen LogP contribution in [0, 0.1) is 18.2 Å². The van der Waals surface area contributed by atoms with E-state index in [1.807, 2.05) is 57.2 Å². The molecule has 0 saturated heterocycles. The lowest BCUT2D eigenvalue weighted by molar-refractivity contribution is -0.117. The fraction of sp³-hybridized carbons (Fsp3) is 0.276. The summed E-state index contributed by atoms with van der Waals surface area (Å²) in [6.45, 7) is 6.51. The Morgan fingerprint density at radius 2 is 1.89 bits per heavy atom. The lowest BCUT2D eigenvalue weighted by atomic mass is 10.0. The molecule has 2 aromatic carbocycles. The minimum absolute atomic E-state index is 0.0275. The molecule has 0 N–H and O–H groups in total. The van der Waals surface area contributed by atoms with Gasteiger partial charge in [0, 0.05) is 34.7 Å². The second kappa shape index (κ2) is 11.0. The maximum absolute atomic E-state index is 14.9. The van der Waals surface area contributed by atoms with Crippen molar-refractivity contribution in [3.8, 4) is 29.4 Å². The molecule has 2 heterocycles. The first-order chi connectivity index (χ1) is 17.5. The summed E-state index contributed by atoms with van der Waals surface area (Å²) in [6, 6.07) is 16.2. The van der Waals surface area contributed by atoms with Gasteiger partial charge in [0.25, 0.3) is 0 Å². The molecule has 0 radical (unpaired) electrons. The normalized spacial score (nSPS) is 10.9. The molecule has 2 aromatic heterocycles. The molecule has 4 rings (SSSR count).